The Kier molecular flexibility index (Phi) is 3.33. The number of nitrogens with one attached hydrogen (secondary N) is 1. The lowest BCUT2D eigenvalue weighted by Crippen LogP contribution is -2.48. The first-order valence-corrected chi connectivity index (χ1v) is 8.81. The summed E-state index contributed by atoms with van der Waals surface area (Å²) >= 11 is 1.43. The van der Waals surface area contributed by atoms with Crippen molar-refractivity contribution in [2.45, 2.75) is 38.0 Å². The summed E-state index contributed by atoms with van der Waals surface area (Å²) in [5, 5.41) is 1.79. The van der Waals surface area contributed by atoms with Crippen LogP contribution in [0, 0.1) is 6.92 Å². The van der Waals surface area contributed by atoms with E-state index in [1.165, 1.54) is 11.3 Å². The number of piperidine rings is 1. The number of carbonyl (C=O) groups is 1. The molecule has 0 aromatic carbocycles. The van der Waals surface area contributed by atoms with Crippen molar-refractivity contribution < 1.29 is 4.79 Å². The maximum Gasteiger partial charge on any atom is 0.273 e. The standard InChI is InChI=1S/C16H18N4O2S/c1-10-18-13-11(14(21)19-10)3-5-16(13)4-2-6-20(8-16)15(22)12-7-23-9-17-12/h7,9H,2-6,8H2,1H3,(H,18,19,21). The molecule has 2 aliphatic rings. The molecule has 0 saturated carbocycles. The average Bonchev–Trinajstić information content (AvgIpc) is 3.17. The second kappa shape index (κ2) is 5.26. The first kappa shape index (κ1) is 14.6. The van der Waals surface area contributed by atoms with Gasteiger partial charge < -0.3 is 9.88 Å². The minimum atomic E-state index is -0.168. The third-order valence-electron chi connectivity index (χ3n) is 5.01. The van der Waals surface area contributed by atoms with E-state index < -0.39 is 0 Å². The van der Waals surface area contributed by atoms with Crippen LogP contribution in [-0.4, -0.2) is 38.8 Å². The van der Waals surface area contributed by atoms with Crippen LogP contribution < -0.4 is 5.56 Å². The highest BCUT2D eigenvalue weighted by atomic mass is 32.1. The summed E-state index contributed by atoms with van der Waals surface area (Å²) in [7, 11) is 0. The quantitative estimate of drug-likeness (QED) is 0.862. The summed E-state index contributed by atoms with van der Waals surface area (Å²) in [5.74, 6) is 0.637. The number of likely N-dealkylation sites (tertiary alicyclic amines) is 1. The van der Waals surface area contributed by atoms with E-state index in [2.05, 4.69) is 15.0 Å². The summed E-state index contributed by atoms with van der Waals surface area (Å²) in [6.07, 6.45) is 3.55. The van der Waals surface area contributed by atoms with Gasteiger partial charge in [-0.3, -0.25) is 9.59 Å². The number of aryl methyl sites for hydroxylation is 1. The maximum absolute atomic E-state index is 12.6. The van der Waals surface area contributed by atoms with Crippen molar-refractivity contribution in [3.63, 3.8) is 0 Å². The zero-order chi connectivity index (χ0) is 16.0. The molecule has 0 bridgehead atoms. The maximum atomic E-state index is 12.6. The second-order valence-electron chi connectivity index (χ2n) is 6.46. The molecule has 3 heterocycles. The molecule has 6 nitrogen and oxygen atoms in total. The highest BCUT2D eigenvalue weighted by molar-refractivity contribution is 7.07. The Hall–Kier alpha value is -2.02. The van der Waals surface area contributed by atoms with Crippen LogP contribution in [-0.2, 0) is 11.8 Å². The van der Waals surface area contributed by atoms with Crippen molar-refractivity contribution in [2.75, 3.05) is 13.1 Å². The van der Waals surface area contributed by atoms with E-state index in [4.69, 9.17) is 0 Å². The first-order chi connectivity index (χ1) is 11.1. The predicted octanol–water partition coefficient (Wildman–Crippen LogP) is 1.66. The smallest absolute Gasteiger partial charge is 0.273 e. The van der Waals surface area contributed by atoms with Crippen LogP contribution in [0.1, 0.15) is 46.8 Å². The van der Waals surface area contributed by atoms with E-state index >= 15 is 0 Å². The van der Waals surface area contributed by atoms with Gasteiger partial charge >= 0.3 is 0 Å². The van der Waals surface area contributed by atoms with Crippen LogP contribution in [0.5, 0.6) is 0 Å². The van der Waals surface area contributed by atoms with Gasteiger partial charge in [0.25, 0.3) is 11.5 Å². The Morgan fingerprint density at radius 2 is 2.30 bits per heavy atom. The van der Waals surface area contributed by atoms with Gasteiger partial charge in [0.15, 0.2) is 0 Å². The Morgan fingerprint density at radius 3 is 3.09 bits per heavy atom. The van der Waals surface area contributed by atoms with E-state index in [0.29, 0.717) is 18.1 Å². The van der Waals surface area contributed by atoms with Crippen LogP contribution in [0.25, 0.3) is 0 Å². The van der Waals surface area contributed by atoms with Crippen LogP contribution in [0.4, 0.5) is 0 Å². The fraction of sp³-hybridized carbons (Fsp3) is 0.500. The molecule has 0 radical (unpaired) electrons. The number of thiazole rings is 1. The molecule has 1 aliphatic carbocycles. The molecule has 4 rings (SSSR count). The lowest BCUT2D eigenvalue weighted by molar-refractivity contribution is 0.0628. The number of aromatic nitrogens is 3. The van der Waals surface area contributed by atoms with Crippen LogP contribution in [0.15, 0.2) is 15.7 Å². The highest BCUT2D eigenvalue weighted by Gasteiger charge is 2.45. The van der Waals surface area contributed by atoms with E-state index in [1.807, 2.05) is 11.8 Å². The Labute approximate surface area is 137 Å². The van der Waals surface area contributed by atoms with Gasteiger partial charge in [-0.1, -0.05) is 0 Å². The lowest BCUT2D eigenvalue weighted by atomic mass is 9.77. The molecule has 1 N–H and O–H groups in total. The van der Waals surface area contributed by atoms with Crippen molar-refractivity contribution in [2.24, 2.45) is 0 Å². The van der Waals surface area contributed by atoms with Gasteiger partial charge in [-0.15, -0.1) is 11.3 Å². The van der Waals surface area contributed by atoms with Gasteiger partial charge in [0.2, 0.25) is 0 Å². The molecule has 1 fully saturated rings. The molecule has 23 heavy (non-hydrogen) atoms. The third-order valence-corrected chi connectivity index (χ3v) is 5.59. The zero-order valence-corrected chi connectivity index (χ0v) is 13.8. The number of hydrogen-bond donors (Lipinski definition) is 1. The molecule has 1 saturated heterocycles. The number of nitrogens with zero attached hydrogens (tertiary/aromatic N) is 3. The summed E-state index contributed by atoms with van der Waals surface area (Å²) in [4.78, 5) is 38.3. The largest absolute Gasteiger partial charge is 0.336 e. The molecule has 120 valence electrons. The summed E-state index contributed by atoms with van der Waals surface area (Å²) in [6, 6.07) is 0. The van der Waals surface area contributed by atoms with Gasteiger partial charge in [-0.2, -0.15) is 0 Å². The van der Waals surface area contributed by atoms with E-state index in [1.54, 1.807) is 10.9 Å². The van der Waals surface area contributed by atoms with Crippen molar-refractivity contribution in [1.82, 2.24) is 19.9 Å². The fourth-order valence-corrected chi connectivity index (χ4v) is 4.47. The predicted molar refractivity (Wildman–Crippen MR) is 86.8 cm³/mol. The molecule has 1 spiro atoms. The molecule has 1 unspecified atom stereocenters. The number of H-pyrrole nitrogens is 1. The number of hydrogen-bond acceptors (Lipinski definition) is 5. The Balaban J connectivity index is 1.69. The van der Waals surface area contributed by atoms with Crippen molar-refractivity contribution in [3.05, 3.63) is 44.0 Å². The summed E-state index contributed by atoms with van der Waals surface area (Å²) < 4.78 is 0. The lowest BCUT2D eigenvalue weighted by Gasteiger charge is -2.40. The van der Waals surface area contributed by atoms with Gasteiger partial charge in [0.1, 0.15) is 11.5 Å². The van der Waals surface area contributed by atoms with Crippen molar-refractivity contribution in [1.29, 1.82) is 0 Å². The van der Waals surface area contributed by atoms with Crippen LogP contribution >= 0.6 is 11.3 Å². The topological polar surface area (TPSA) is 79.0 Å². The number of amides is 1. The van der Waals surface area contributed by atoms with Crippen LogP contribution in [0.3, 0.4) is 0 Å². The second-order valence-corrected chi connectivity index (χ2v) is 7.18. The van der Waals surface area contributed by atoms with Gasteiger partial charge in [0.05, 0.1) is 11.2 Å². The highest BCUT2D eigenvalue weighted by Crippen LogP contribution is 2.43. The van der Waals surface area contributed by atoms with Gasteiger partial charge in [-0.25, -0.2) is 9.97 Å². The molecular formula is C16H18N4O2S. The first-order valence-electron chi connectivity index (χ1n) is 7.87. The molecule has 1 atom stereocenters. The molecule has 2 aromatic heterocycles. The zero-order valence-electron chi connectivity index (χ0n) is 13.0. The van der Waals surface area contributed by atoms with Crippen LogP contribution in [0.2, 0.25) is 0 Å². The molecule has 7 heteroatoms. The average molecular weight is 330 g/mol. The molecule has 2 aromatic rings. The molecular weight excluding hydrogens is 312 g/mol. The van der Waals surface area contributed by atoms with Gasteiger partial charge in [0, 0.05) is 29.4 Å². The molecule has 1 aliphatic heterocycles. The SMILES string of the molecule is Cc1nc2c(c(=O)[nH]1)CCC21CCCN(C(=O)c2cscn2)C1. The Morgan fingerprint density at radius 1 is 1.43 bits per heavy atom. The van der Waals surface area contributed by atoms with Gasteiger partial charge in [-0.05, 0) is 32.6 Å². The monoisotopic (exact) mass is 330 g/mol. The van der Waals surface area contributed by atoms with E-state index in [0.717, 1.165) is 43.5 Å². The number of aromatic amines is 1. The summed E-state index contributed by atoms with van der Waals surface area (Å²) in [6.45, 7) is 3.19. The molecule has 1 amide bonds. The number of carbonyl (C=O) groups excluding carboxylic acids is 1. The third kappa shape index (κ3) is 2.30. The normalized spacial score (nSPS) is 23.3. The van der Waals surface area contributed by atoms with E-state index in [-0.39, 0.29) is 16.9 Å². The fourth-order valence-electron chi connectivity index (χ4n) is 3.95. The minimum Gasteiger partial charge on any atom is -0.336 e. The minimum absolute atomic E-state index is 0.0136. The van der Waals surface area contributed by atoms with Crippen molar-refractivity contribution >= 4 is 17.2 Å². The Bertz CT molecular complexity index is 814. The summed E-state index contributed by atoms with van der Waals surface area (Å²) in [5.41, 5.74) is 3.72. The van der Waals surface area contributed by atoms with Crippen molar-refractivity contribution in [3.8, 4) is 0 Å². The number of rotatable bonds is 1. The van der Waals surface area contributed by atoms with E-state index in [9.17, 15) is 9.59 Å². The number of fused-ring (bicyclic) bond motifs is 2.